The lowest BCUT2D eigenvalue weighted by molar-refractivity contribution is 0.0693. The van der Waals surface area contributed by atoms with E-state index in [4.69, 9.17) is 14.4 Å². The van der Waals surface area contributed by atoms with Gasteiger partial charge in [0.15, 0.2) is 11.1 Å². The van der Waals surface area contributed by atoms with Crippen LogP contribution in [0.2, 0.25) is 0 Å². The van der Waals surface area contributed by atoms with Crippen LogP contribution in [-0.2, 0) is 11.1 Å². The zero-order chi connectivity index (χ0) is 11.6. The highest BCUT2D eigenvalue weighted by Crippen LogP contribution is 2.29. The van der Waals surface area contributed by atoms with Crippen molar-refractivity contribution in [2.75, 3.05) is 7.11 Å². The first-order chi connectivity index (χ1) is 6.97. The van der Waals surface area contributed by atoms with Crippen molar-refractivity contribution >= 4 is 33.0 Å². The minimum atomic E-state index is -2.24. The monoisotopic (exact) mass is 294 g/mol. The molecule has 0 amide bonds. The van der Waals surface area contributed by atoms with Crippen molar-refractivity contribution in [3.8, 4) is 5.75 Å². The van der Waals surface area contributed by atoms with E-state index in [2.05, 4.69) is 15.9 Å². The van der Waals surface area contributed by atoms with Gasteiger partial charge in [-0.3, -0.25) is 0 Å². The Morgan fingerprint density at radius 1 is 1.53 bits per heavy atom. The largest absolute Gasteiger partial charge is 0.496 e. The fourth-order valence-electron chi connectivity index (χ4n) is 1.00. The second-order valence-electron chi connectivity index (χ2n) is 2.54. The summed E-state index contributed by atoms with van der Waals surface area (Å²) in [6.45, 7) is 0. The Balaban J connectivity index is 3.43. The summed E-state index contributed by atoms with van der Waals surface area (Å²) >= 11 is 0.802. The van der Waals surface area contributed by atoms with E-state index in [0.717, 1.165) is 6.07 Å². The van der Waals surface area contributed by atoms with E-state index in [9.17, 15) is 9.00 Å². The van der Waals surface area contributed by atoms with Crippen LogP contribution in [0.3, 0.4) is 0 Å². The third-order valence-electron chi connectivity index (χ3n) is 1.67. The fourth-order valence-corrected chi connectivity index (χ4v) is 2.19. The zero-order valence-corrected chi connectivity index (χ0v) is 9.96. The first-order valence-corrected chi connectivity index (χ1v) is 5.59. The standard InChI is InChI=1S/C8H7BrO5S/c1-14-6-3-5(9)7(15(12)13)2-4(6)8(10)11/h2-3H,1H3,(H,10,11)(H,12,13). The van der Waals surface area contributed by atoms with Crippen molar-refractivity contribution in [1.29, 1.82) is 0 Å². The van der Waals surface area contributed by atoms with Crippen molar-refractivity contribution in [3.05, 3.63) is 22.2 Å². The van der Waals surface area contributed by atoms with E-state index in [-0.39, 0.29) is 16.2 Å². The summed E-state index contributed by atoms with van der Waals surface area (Å²) in [4.78, 5) is 10.8. The predicted octanol–water partition coefficient (Wildman–Crippen LogP) is 1.74. The highest BCUT2D eigenvalue weighted by molar-refractivity contribution is 9.10. The van der Waals surface area contributed by atoms with Crippen LogP contribution in [0, 0.1) is 0 Å². The SMILES string of the molecule is COc1cc(Br)c(S(=O)O)cc1C(=O)O. The molecule has 0 saturated heterocycles. The van der Waals surface area contributed by atoms with Crippen LogP contribution in [-0.4, -0.2) is 26.9 Å². The molecule has 0 aromatic heterocycles. The van der Waals surface area contributed by atoms with Gasteiger partial charge in [0, 0.05) is 4.47 Å². The van der Waals surface area contributed by atoms with E-state index >= 15 is 0 Å². The molecule has 0 saturated carbocycles. The molecular formula is C8H7BrO5S. The molecule has 1 aromatic carbocycles. The number of rotatable bonds is 3. The summed E-state index contributed by atoms with van der Waals surface area (Å²) in [6.07, 6.45) is 0. The van der Waals surface area contributed by atoms with Gasteiger partial charge in [0.25, 0.3) is 0 Å². The van der Waals surface area contributed by atoms with E-state index in [1.54, 1.807) is 0 Å². The summed E-state index contributed by atoms with van der Waals surface area (Å²) in [5, 5.41) is 8.82. The Morgan fingerprint density at radius 3 is 2.53 bits per heavy atom. The Morgan fingerprint density at radius 2 is 2.13 bits per heavy atom. The van der Waals surface area contributed by atoms with Crippen LogP contribution in [0.4, 0.5) is 0 Å². The molecule has 1 aromatic rings. The lowest BCUT2D eigenvalue weighted by Crippen LogP contribution is -2.03. The molecule has 1 unspecified atom stereocenters. The van der Waals surface area contributed by atoms with Gasteiger partial charge < -0.3 is 14.4 Å². The summed E-state index contributed by atoms with van der Waals surface area (Å²) < 4.78 is 24.9. The lowest BCUT2D eigenvalue weighted by Gasteiger charge is -2.07. The summed E-state index contributed by atoms with van der Waals surface area (Å²) in [6, 6.07) is 2.44. The number of carboxylic acid groups (broad SMARTS) is 1. The molecule has 2 N–H and O–H groups in total. The first-order valence-electron chi connectivity index (χ1n) is 3.69. The molecule has 7 heteroatoms. The fraction of sp³-hybridized carbons (Fsp3) is 0.125. The first kappa shape index (κ1) is 12.2. The zero-order valence-electron chi connectivity index (χ0n) is 7.56. The van der Waals surface area contributed by atoms with Crippen molar-refractivity contribution in [1.82, 2.24) is 0 Å². The molecule has 0 fully saturated rings. The minimum absolute atomic E-state index is 0.00630. The Labute approximate surface area is 96.5 Å². The normalized spacial score (nSPS) is 12.2. The molecular weight excluding hydrogens is 288 g/mol. The molecule has 5 nitrogen and oxygen atoms in total. The smallest absolute Gasteiger partial charge is 0.339 e. The molecule has 1 rings (SSSR count). The number of ether oxygens (including phenoxy) is 1. The molecule has 0 radical (unpaired) electrons. The van der Waals surface area contributed by atoms with Gasteiger partial charge in [-0.1, -0.05) is 0 Å². The molecule has 1 atom stereocenters. The maximum Gasteiger partial charge on any atom is 0.339 e. The molecule has 0 heterocycles. The Hall–Kier alpha value is -0.920. The average Bonchev–Trinajstić information content (AvgIpc) is 2.16. The highest BCUT2D eigenvalue weighted by Gasteiger charge is 2.17. The molecule has 0 bridgehead atoms. The van der Waals surface area contributed by atoms with Crippen molar-refractivity contribution in [2.45, 2.75) is 4.90 Å². The van der Waals surface area contributed by atoms with Gasteiger partial charge in [-0.2, -0.15) is 0 Å². The summed E-state index contributed by atoms with van der Waals surface area (Å²) in [7, 11) is 1.32. The molecule has 0 aliphatic carbocycles. The van der Waals surface area contributed by atoms with Gasteiger partial charge in [-0.25, -0.2) is 9.00 Å². The van der Waals surface area contributed by atoms with Gasteiger partial charge in [0.1, 0.15) is 11.3 Å². The Kier molecular flexibility index (Phi) is 3.83. The average molecular weight is 295 g/mol. The maximum absolute atomic E-state index is 10.8. The van der Waals surface area contributed by atoms with Crippen LogP contribution in [0.1, 0.15) is 10.4 Å². The Bertz CT molecular complexity index is 431. The molecule has 0 spiro atoms. The van der Waals surface area contributed by atoms with Crippen LogP contribution >= 0.6 is 15.9 Å². The lowest BCUT2D eigenvalue weighted by atomic mass is 10.2. The van der Waals surface area contributed by atoms with Gasteiger partial charge in [0.2, 0.25) is 0 Å². The van der Waals surface area contributed by atoms with Gasteiger partial charge in [-0.05, 0) is 28.1 Å². The molecule has 0 aliphatic heterocycles. The van der Waals surface area contributed by atoms with Crippen LogP contribution < -0.4 is 4.74 Å². The number of methoxy groups -OCH3 is 1. The van der Waals surface area contributed by atoms with Gasteiger partial charge >= 0.3 is 5.97 Å². The van der Waals surface area contributed by atoms with Gasteiger partial charge in [-0.15, -0.1) is 0 Å². The molecule has 82 valence electrons. The third-order valence-corrected chi connectivity index (χ3v) is 3.31. The van der Waals surface area contributed by atoms with Gasteiger partial charge in [0.05, 0.1) is 12.0 Å². The number of aromatic carboxylic acids is 1. The van der Waals surface area contributed by atoms with E-state index in [0.29, 0.717) is 4.47 Å². The van der Waals surface area contributed by atoms with Crippen LogP contribution in [0.25, 0.3) is 0 Å². The maximum atomic E-state index is 10.8. The second kappa shape index (κ2) is 4.73. The van der Waals surface area contributed by atoms with Crippen molar-refractivity contribution < 1.29 is 23.4 Å². The van der Waals surface area contributed by atoms with Crippen LogP contribution in [0.5, 0.6) is 5.75 Å². The van der Waals surface area contributed by atoms with Crippen molar-refractivity contribution in [2.24, 2.45) is 0 Å². The van der Waals surface area contributed by atoms with E-state index in [1.165, 1.54) is 13.2 Å². The third kappa shape index (κ3) is 2.55. The summed E-state index contributed by atoms with van der Waals surface area (Å²) in [5.41, 5.74) is -0.155. The van der Waals surface area contributed by atoms with Crippen molar-refractivity contribution in [3.63, 3.8) is 0 Å². The summed E-state index contributed by atoms with van der Waals surface area (Å²) in [5.74, 6) is -1.09. The topological polar surface area (TPSA) is 83.8 Å². The molecule has 15 heavy (non-hydrogen) atoms. The number of carboxylic acids is 1. The second-order valence-corrected chi connectivity index (χ2v) is 4.33. The van der Waals surface area contributed by atoms with E-state index < -0.39 is 17.0 Å². The quantitative estimate of drug-likeness (QED) is 0.830. The number of benzene rings is 1. The minimum Gasteiger partial charge on any atom is -0.496 e. The van der Waals surface area contributed by atoms with Crippen LogP contribution in [0.15, 0.2) is 21.5 Å². The number of carbonyl (C=O) groups is 1. The molecule has 0 aliphatic rings. The predicted molar refractivity (Wildman–Crippen MR) is 56.7 cm³/mol. The highest BCUT2D eigenvalue weighted by atomic mass is 79.9. The number of hydrogen-bond acceptors (Lipinski definition) is 3. The number of hydrogen-bond donors (Lipinski definition) is 2. The number of halogens is 1. The van der Waals surface area contributed by atoms with E-state index in [1.807, 2.05) is 0 Å².